The monoisotopic (exact) mass is 340 g/mol. The van der Waals surface area contributed by atoms with Gasteiger partial charge >= 0.3 is 0 Å². The second-order valence-corrected chi connectivity index (χ2v) is 5.74. The van der Waals surface area contributed by atoms with E-state index in [0.717, 1.165) is 25.8 Å². The number of nitrogens with one attached hydrogen (secondary N) is 1. The number of hydrogen-bond acceptors (Lipinski definition) is 3. The van der Waals surface area contributed by atoms with Crippen LogP contribution in [0.15, 0.2) is 24.3 Å². The van der Waals surface area contributed by atoms with Crippen molar-refractivity contribution in [3.05, 3.63) is 29.3 Å². The number of halogens is 1. The molecule has 0 unspecified atom stereocenters. The minimum absolute atomic E-state index is 0.0350. The summed E-state index contributed by atoms with van der Waals surface area (Å²) in [5.41, 5.74) is 0. The summed E-state index contributed by atoms with van der Waals surface area (Å²) >= 11 is 5.78. The van der Waals surface area contributed by atoms with Crippen LogP contribution in [0.1, 0.15) is 33.1 Å². The van der Waals surface area contributed by atoms with Crippen molar-refractivity contribution < 1.29 is 14.3 Å². The van der Waals surface area contributed by atoms with Crippen LogP contribution in [-0.4, -0.2) is 43.0 Å². The number of carbonyl (C=O) groups excluding carboxylic acids is 2. The molecule has 128 valence electrons. The van der Waals surface area contributed by atoms with E-state index in [4.69, 9.17) is 16.3 Å². The summed E-state index contributed by atoms with van der Waals surface area (Å²) in [7, 11) is 0. The zero-order valence-electron chi connectivity index (χ0n) is 13.8. The number of unbranched alkanes of at least 4 members (excludes halogenated alkanes) is 2. The Morgan fingerprint density at radius 3 is 2.48 bits per heavy atom. The smallest absolute Gasteiger partial charge is 0.258 e. The predicted octanol–water partition coefficient (Wildman–Crippen LogP) is 2.87. The molecule has 0 saturated carbocycles. The van der Waals surface area contributed by atoms with Gasteiger partial charge in [0, 0.05) is 31.6 Å². The maximum Gasteiger partial charge on any atom is 0.258 e. The van der Waals surface area contributed by atoms with Crippen molar-refractivity contribution in [2.75, 3.05) is 26.2 Å². The zero-order chi connectivity index (χ0) is 17.1. The molecule has 1 aromatic rings. The van der Waals surface area contributed by atoms with E-state index < -0.39 is 0 Å². The standard InChI is InChI=1S/C17H25ClN2O3/c1-3-4-5-11-20(14(2)21)12-10-19-17(22)13-23-16-8-6-15(18)7-9-16/h6-9H,3-5,10-13H2,1-2H3,(H,19,22). The van der Waals surface area contributed by atoms with Crippen molar-refractivity contribution in [3.8, 4) is 5.75 Å². The lowest BCUT2D eigenvalue weighted by atomic mass is 10.2. The number of ether oxygens (including phenoxy) is 1. The van der Waals surface area contributed by atoms with Gasteiger partial charge in [0.25, 0.3) is 5.91 Å². The summed E-state index contributed by atoms with van der Waals surface area (Å²) in [4.78, 5) is 25.0. The van der Waals surface area contributed by atoms with Crippen LogP contribution in [0.4, 0.5) is 0 Å². The molecule has 0 atom stereocenters. The molecular weight excluding hydrogens is 316 g/mol. The molecule has 0 bridgehead atoms. The molecule has 2 amide bonds. The quantitative estimate of drug-likeness (QED) is 0.666. The van der Waals surface area contributed by atoms with Gasteiger partial charge in [-0.25, -0.2) is 0 Å². The fourth-order valence-electron chi connectivity index (χ4n) is 2.04. The van der Waals surface area contributed by atoms with Gasteiger partial charge in [0.2, 0.25) is 5.91 Å². The number of amides is 2. The molecule has 0 heterocycles. The lowest BCUT2D eigenvalue weighted by molar-refractivity contribution is -0.129. The first-order valence-corrected chi connectivity index (χ1v) is 8.31. The van der Waals surface area contributed by atoms with Crippen LogP contribution in [0, 0.1) is 0 Å². The summed E-state index contributed by atoms with van der Waals surface area (Å²) in [6.07, 6.45) is 3.21. The van der Waals surface area contributed by atoms with Crippen LogP contribution < -0.4 is 10.1 Å². The Morgan fingerprint density at radius 1 is 1.17 bits per heavy atom. The molecule has 0 aliphatic heterocycles. The van der Waals surface area contributed by atoms with E-state index in [2.05, 4.69) is 12.2 Å². The number of carbonyl (C=O) groups is 2. The molecule has 0 radical (unpaired) electrons. The van der Waals surface area contributed by atoms with Gasteiger partial charge in [0.1, 0.15) is 5.75 Å². The minimum atomic E-state index is -0.211. The molecule has 0 fully saturated rings. The SMILES string of the molecule is CCCCCN(CCNC(=O)COc1ccc(Cl)cc1)C(C)=O. The maximum absolute atomic E-state index is 11.7. The summed E-state index contributed by atoms with van der Waals surface area (Å²) in [6, 6.07) is 6.83. The lowest BCUT2D eigenvalue weighted by Gasteiger charge is -2.21. The average molecular weight is 341 g/mol. The molecule has 23 heavy (non-hydrogen) atoms. The fourth-order valence-corrected chi connectivity index (χ4v) is 2.17. The third kappa shape index (κ3) is 8.45. The largest absolute Gasteiger partial charge is 0.484 e. The van der Waals surface area contributed by atoms with Gasteiger partial charge in [-0.1, -0.05) is 31.4 Å². The van der Waals surface area contributed by atoms with Gasteiger partial charge in [-0.2, -0.15) is 0 Å². The molecule has 1 aromatic carbocycles. The number of nitrogens with zero attached hydrogens (tertiary/aromatic N) is 1. The van der Waals surface area contributed by atoms with E-state index in [1.807, 2.05) is 0 Å². The Bertz CT molecular complexity index is 491. The Hall–Kier alpha value is -1.75. The lowest BCUT2D eigenvalue weighted by Crippen LogP contribution is -2.39. The van der Waals surface area contributed by atoms with E-state index in [0.29, 0.717) is 23.9 Å². The van der Waals surface area contributed by atoms with Gasteiger partial charge in [-0.15, -0.1) is 0 Å². The molecule has 0 aromatic heterocycles. The van der Waals surface area contributed by atoms with Crippen LogP contribution in [-0.2, 0) is 9.59 Å². The molecule has 1 N–H and O–H groups in total. The first-order valence-electron chi connectivity index (χ1n) is 7.93. The fraction of sp³-hybridized carbons (Fsp3) is 0.529. The maximum atomic E-state index is 11.7. The van der Waals surface area contributed by atoms with Crippen LogP contribution in [0.2, 0.25) is 5.02 Å². The van der Waals surface area contributed by atoms with Crippen molar-refractivity contribution in [1.82, 2.24) is 10.2 Å². The number of benzene rings is 1. The average Bonchev–Trinajstić information content (AvgIpc) is 2.53. The van der Waals surface area contributed by atoms with E-state index in [1.54, 1.807) is 36.1 Å². The van der Waals surface area contributed by atoms with Gasteiger partial charge < -0.3 is 15.0 Å². The highest BCUT2D eigenvalue weighted by molar-refractivity contribution is 6.30. The van der Waals surface area contributed by atoms with Gasteiger partial charge in [0.15, 0.2) is 6.61 Å². The molecule has 5 nitrogen and oxygen atoms in total. The van der Waals surface area contributed by atoms with Crippen molar-refractivity contribution >= 4 is 23.4 Å². The highest BCUT2D eigenvalue weighted by atomic mass is 35.5. The normalized spacial score (nSPS) is 10.2. The summed E-state index contributed by atoms with van der Waals surface area (Å²) in [6.45, 7) is 5.30. The predicted molar refractivity (Wildman–Crippen MR) is 91.7 cm³/mol. The Morgan fingerprint density at radius 2 is 1.87 bits per heavy atom. The van der Waals surface area contributed by atoms with Crippen LogP contribution in [0.5, 0.6) is 5.75 Å². The first-order chi connectivity index (χ1) is 11.0. The van der Waals surface area contributed by atoms with Gasteiger partial charge in [-0.3, -0.25) is 9.59 Å². The second-order valence-electron chi connectivity index (χ2n) is 5.31. The third-order valence-corrected chi connectivity index (χ3v) is 3.62. The second kappa shape index (κ2) is 10.9. The van der Waals surface area contributed by atoms with Crippen LogP contribution >= 0.6 is 11.6 Å². The highest BCUT2D eigenvalue weighted by Crippen LogP contribution is 2.15. The van der Waals surface area contributed by atoms with Gasteiger partial charge in [-0.05, 0) is 30.7 Å². The minimum Gasteiger partial charge on any atom is -0.484 e. The number of hydrogen-bond donors (Lipinski definition) is 1. The molecule has 0 spiro atoms. The zero-order valence-corrected chi connectivity index (χ0v) is 14.6. The van der Waals surface area contributed by atoms with E-state index in [-0.39, 0.29) is 18.4 Å². The topological polar surface area (TPSA) is 58.6 Å². The van der Waals surface area contributed by atoms with Crippen LogP contribution in [0.25, 0.3) is 0 Å². The highest BCUT2D eigenvalue weighted by Gasteiger charge is 2.09. The number of rotatable bonds is 10. The van der Waals surface area contributed by atoms with E-state index in [9.17, 15) is 9.59 Å². The third-order valence-electron chi connectivity index (χ3n) is 3.36. The molecule has 0 aliphatic rings. The van der Waals surface area contributed by atoms with Crippen molar-refractivity contribution in [3.63, 3.8) is 0 Å². The summed E-state index contributed by atoms with van der Waals surface area (Å²) in [5.74, 6) is 0.416. The van der Waals surface area contributed by atoms with Crippen molar-refractivity contribution in [1.29, 1.82) is 0 Å². The molecule has 1 rings (SSSR count). The molecule has 6 heteroatoms. The summed E-state index contributed by atoms with van der Waals surface area (Å²) in [5, 5.41) is 3.38. The summed E-state index contributed by atoms with van der Waals surface area (Å²) < 4.78 is 5.36. The van der Waals surface area contributed by atoms with Crippen molar-refractivity contribution in [2.24, 2.45) is 0 Å². The molecular formula is C17H25ClN2O3. The van der Waals surface area contributed by atoms with Gasteiger partial charge in [0.05, 0.1) is 0 Å². The molecule has 0 aliphatic carbocycles. The Labute approximate surface area is 142 Å². The van der Waals surface area contributed by atoms with Crippen LogP contribution in [0.3, 0.4) is 0 Å². The van der Waals surface area contributed by atoms with E-state index in [1.165, 1.54) is 0 Å². The molecule has 0 saturated heterocycles. The van der Waals surface area contributed by atoms with E-state index >= 15 is 0 Å². The van der Waals surface area contributed by atoms with Crippen molar-refractivity contribution in [2.45, 2.75) is 33.1 Å². The first kappa shape index (κ1) is 19.3. The Kier molecular flexibility index (Phi) is 9.14. The Balaban J connectivity index is 2.23.